The number of carbonyl (C=O) groups excluding carboxylic acids is 2. The summed E-state index contributed by atoms with van der Waals surface area (Å²) in [6.45, 7) is 0.193. The third-order valence-corrected chi connectivity index (χ3v) is 5.07. The highest BCUT2D eigenvalue weighted by Crippen LogP contribution is 2.31. The molecule has 2 heterocycles. The van der Waals surface area contributed by atoms with E-state index in [0.29, 0.717) is 22.3 Å². The van der Waals surface area contributed by atoms with Crippen molar-refractivity contribution < 1.29 is 27.5 Å². The van der Waals surface area contributed by atoms with Crippen LogP contribution in [-0.4, -0.2) is 45.6 Å². The van der Waals surface area contributed by atoms with E-state index in [1.165, 1.54) is 34.1 Å². The van der Waals surface area contributed by atoms with E-state index in [9.17, 15) is 22.8 Å². The second kappa shape index (κ2) is 9.94. The zero-order valence-electron chi connectivity index (χ0n) is 19.2. The number of halogens is 3. The molecule has 3 amide bonds. The van der Waals surface area contributed by atoms with Gasteiger partial charge in [-0.2, -0.15) is 13.2 Å². The molecule has 0 radical (unpaired) electrons. The summed E-state index contributed by atoms with van der Waals surface area (Å²) >= 11 is 0. The van der Waals surface area contributed by atoms with E-state index in [4.69, 9.17) is 4.74 Å². The topological polar surface area (TPSA) is 101 Å². The summed E-state index contributed by atoms with van der Waals surface area (Å²) in [5.41, 5.74) is 0.251. The molecule has 0 fully saturated rings. The second-order valence-electron chi connectivity index (χ2n) is 7.92. The predicted molar refractivity (Wildman–Crippen MR) is 126 cm³/mol. The van der Waals surface area contributed by atoms with E-state index in [2.05, 4.69) is 20.6 Å². The second-order valence-corrected chi connectivity index (χ2v) is 7.92. The standard InChI is InChI=1S/C24H21F3N6O3/c1-32(2)22(34)28-13-18-12-21(30-14-29-18)36-19-6-7-20-15(10-19)8-9-33(20)23(35)31-17-5-3-4-16(11-17)24(25,26)27/h3-12,14H,13H2,1-2H3,(H,28,34)(H,31,35). The Labute approximate surface area is 203 Å². The number of aromatic nitrogens is 3. The maximum atomic E-state index is 12.9. The third kappa shape index (κ3) is 5.71. The summed E-state index contributed by atoms with van der Waals surface area (Å²) in [5, 5.41) is 5.84. The number of anilines is 1. The average Bonchev–Trinajstić information content (AvgIpc) is 3.26. The van der Waals surface area contributed by atoms with Crippen LogP contribution in [0.4, 0.5) is 28.4 Å². The molecular formula is C24H21F3N6O3. The summed E-state index contributed by atoms with van der Waals surface area (Å²) in [5.74, 6) is 0.709. The smallest absolute Gasteiger partial charge is 0.416 e. The zero-order valence-corrected chi connectivity index (χ0v) is 19.2. The maximum Gasteiger partial charge on any atom is 0.416 e. The lowest BCUT2D eigenvalue weighted by atomic mass is 10.2. The van der Waals surface area contributed by atoms with Gasteiger partial charge in [0.25, 0.3) is 0 Å². The Morgan fingerprint density at radius 1 is 1.06 bits per heavy atom. The lowest BCUT2D eigenvalue weighted by Crippen LogP contribution is -2.34. The average molecular weight is 498 g/mol. The van der Waals surface area contributed by atoms with Gasteiger partial charge in [-0.3, -0.25) is 4.57 Å². The van der Waals surface area contributed by atoms with Gasteiger partial charge in [0.1, 0.15) is 12.1 Å². The molecule has 0 saturated heterocycles. The number of benzene rings is 2. The van der Waals surface area contributed by atoms with Crippen LogP contribution in [-0.2, 0) is 12.7 Å². The lowest BCUT2D eigenvalue weighted by Gasteiger charge is -2.12. The van der Waals surface area contributed by atoms with Gasteiger partial charge in [0.05, 0.1) is 23.3 Å². The molecule has 4 rings (SSSR count). The van der Waals surface area contributed by atoms with Gasteiger partial charge in [-0.15, -0.1) is 0 Å². The van der Waals surface area contributed by atoms with Crippen molar-refractivity contribution >= 4 is 28.7 Å². The Kier molecular flexibility index (Phi) is 6.77. The van der Waals surface area contributed by atoms with Crippen LogP contribution in [0.5, 0.6) is 11.6 Å². The highest BCUT2D eigenvalue weighted by atomic mass is 19.4. The van der Waals surface area contributed by atoms with Crippen LogP contribution in [0, 0.1) is 0 Å². The Bertz CT molecular complexity index is 1420. The minimum Gasteiger partial charge on any atom is -0.439 e. The molecule has 0 spiro atoms. The summed E-state index contributed by atoms with van der Waals surface area (Å²) < 4.78 is 45.9. The van der Waals surface area contributed by atoms with Crippen molar-refractivity contribution in [2.45, 2.75) is 12.7 Å². The SMILES string of the molecule is CN(C)C(=O)NCc1cc(Oc2ccc3c(ccn3C(=O)Nc3cccc(C(F)(F)F)c3)c2)ncn1. The quantitative estimate of drug-likeness (QED) is 0.399. The van der Waals surface area contributed by atoms with Crippen LogP contribution in [0.15, 0.2) is 67.1 Å². The Morgan fingerprint density at radius 2 is 1.86 bits per heavy atom. The van der Waals surface area contributed by atoms with Crippen molar-refractivity contribution in [1.82, 2.24) is 24.8 Å². The summed E-state index contributed by atoms with van der Waals surface area (Å²) in [7, 11) is 3.25. The predicted octanol–water partition coefficient (Wildman–Crippen LogP) is 5.09. The number of fused-ring (bicyclic) bond motifs is 1. The molecule has 0 aliphatic rings. The molecule has 0 aliphatic heterocycles. The molecule has 0 saturated carbocycles. The molecular weight excluding hydrogens is 477 g/mol. The molecule has 186 valence electrons. The number of ether oxygens (including phenoxy) is 1. The molecule has 4 aromatic rings. The number of nitrogens with zero attached hydrogens (tertiary/aromatic N) is 4. The number of nitrogens with one attached hydrogen (secondary N) is 2. The lowest BCUT2D eigenvalue weighted by molar-refractivity contribution is -0.137. The molecule has 9 nitrogen and oxygen atoms in total. The van der Waals surface area contributed by atoms with E-state index in [0.717, 1.165) is 12.1 Å². The van der Waals surface area contributed by atoms with E-state index in [1.54, 1.807) is 44.4 Å². The van der Waals surface area contributed by atoms with Crippen molar-refractivity contribution in [3.8, 4) is 11.6 Å². The van der Waals surface area contributed by atoms with Crippen molar-refractivity contribution in [3.05, 3.63) is 78.4 Å². The van der Waals surface area contributed by atoms with Gasteiger partial charge >= 0.3 is 18.2 Å². The molecule has 0 aliphatic carbocycles. The van der Waals surface area contributed by atoms with Crippen LogP contribution in [0.3, 0.4) is 0 Å². The summed E-state index contributed by atoms with van der Waals surface area (Å²) in [6, 6.07) is 11.8. The van der Waals surface area contributed by atoms with Gasteiger partial charge in [0.2, 0.25) is 5.88 Å². The fourth-order valence-corrected chi connectivity index (χ4v) is 3.29. The molecule has 2 aromatic heterocycles. The highest BCUT2D eigenvalue weighted by molar-refractivity contribution is 5.98. The summed E-state index contributed by atoms with van der Waals surface area (Å²) in [4.78, 5) is 34.0. The largest absolute Gasteiger partial charge is 0.439 e. The van der Waals surface area contributed by atoms with Gasteiger partial charge in [0.15, 0.2) is 0 Å². The first-order valence-electron chi connectivity index (χ1n) is 10.6. The first kappa shape index (κ1) is 24.5. The normalized spacial score (nSPS) is 11.2. The van der Waals surface area contributed by atoms with Crippen LogP contribution in [0.2, 0.25) is 0 Å². The number of urea groups is 1. The van der Waals surface area contributed by atoms with Gasteiger partial charge < -0.3 is 20.3 Å². The number of alkyl halides is 3. The van der Waals surface area contributed by atoms with Crippen molar-refractivity contribution in [2.75, 3.05) is 19.4 Å². The minimum absolute atomic E-state index is 0.0259. The molecule has 12 heteroatoms. The van der Waals surface area contributed by atoms with E-state index >= 15 is 0 Å². The first-order valence-corrected chi connectivity index (χ1v) is 10.6. The van der Waals surface area contributed by atoms with Crippen molar-refractivity contribution in [1.29, 1.82) is 0 Å². The number of hydrogen-bond acceptors (Lipinski definition) is 5. The monoisotopic (exact) mass is 498 g/mol. The zero-order chi connectivity index (χ0) is 25.9. The molecule has 36 heavy (non-hydrogen) atoms. The number of amides is 3. The van der Waals surface area contributed by atoms with Gasteiger partial charge in [-0.25, -0.2) is 19.6 Å². The molecule has 0 unspecified atom stereocenters. The first-order chi connectivity index (χ1) is 17.1. The minimum atomic E-state index is -4.51. The van der Waals surface area contributed by atoms with E-state index in [-0.39, 0.29) is 24.1 Å². The van der Waals surface area contributed by atoms with E-state index < -0.39 is 17.8 Å². The molecule has 2 N–H and O–H groups in total. The van der Waals surface area contributed by atoms with Crippen molar-refractivity contribution in [3.63, 3.8) is 0 Å². The van der Waals surface area contributed by atoms with Gasteiger partial charge in [-0.05, 0) is 42.5 Å². The van der Waals surface area contributed by atoms with Crippen LogP contribution in [0.25, 0.3) is 10.9 Å². The van der Waals surface area contributed by atoms with Gasteiger partial charge in [0, 0.05) is 37.4 Å². The Morgan fingerprint density at radius 3 is 2.61 bits per heavy atom. The third-order valence-electron chi connectivity index (χ3n) is 5.07. The molecule has 0 atom stereocenters. The van der Waals surface area contributed by atoms with Crippen LogP contribution >= 0.6 is 0 Å². The van der Waals surface area contributed by atoms with Crippen molar-refractivity contribution in [2.24, 2.45) is 0 Å². The maximum absolute atomic E-state index is 12.9. The molecule has 2 aromatic carbocycles. The fourth-order valence-electron chi connectivity index (χ4n) is 3.29. The van der Waals surface area contributed by atoms with Crippen LogP contribution < -0.4 is 15.4 Å². The Hall–Kier alpha value is -4.61. The number of hydrogen-bond donors (Lipinski definition) is 2. The number of rotatable bonds is 5. The summed E-state index contributed by atoms with van der Waals surface area (Å²) in [6.07, 6.45) is -1.69. The van der Waals surface area contributed by atoms with Gasteiger partial charge in [-0.1, -0.05) is 6.07 Å². The Balaban J connectivity index is 1.47. The van der Waals surface area contributed by atoms with Crippen LogP contribution in [0.1, 0.15) is 11.3 Å². The fraction of sp³-hybridized carbons (Fsp3) is 0.167. The van der Waals surface area contributed by atoms with E-state index in [1.807, 2.05) is 0 Å². The highest BCUT2D eigenvalue weighted by Gasteiger charge is 2.30. The number of carbonyl (C=O) groups is 2. The molecule has 0 bridgehead atoms.